The number of aliphatic hydroxyl groups excluding tert-OH is 1. The highest BCUT2D eigenvalue weighted by atomic mass is 19.1. The maximum absolute atomic E-state index is 13.0. The number of halogens is 1. The molecule has 2 aromatic rings. The van der Waals surface area contributed by atoms with Crippen LogP contribution in [0.5, 0.6) is 0 Å². The maximum atomic E-state index is 13.0. The van der Waals surface area contributed by atoms with E-state index >= 15 is 0 Å². The van der Waals surface area contributed by atoms with Gasteiger partial charge in [0.25, 0.3) is 0 Å². The van der Waals surface area contributed by atoms with Gasteiger partial charge in [0, 0.05) is 13.3 Å². The molecule has 0 fully saturated rings. The molecular formula is C20H23FO4. The van der Waals surface area contributed by atoms with Gasteiger partial charge in [-0.3, -0.25) is 4.79 Å². The Balaban J connectivity index is 2.00. The summed E-state index contributed by atoms with van der Waals surface area (Å²) in [5.74, 6) is -0.826. The average Bonchev–Trinajstić information content (AvgIpc) is 2.60. The van der Waals surface area contributed by atoms with Gasteiger partial charge in [0.2, 0.25) is 0 Å². The molecule has 2 aromatic carbocycles. The topological polar surface area (TPSA) is 55.8 Å². The van der Waals surface area contributed by atoms with Crippen molar-refractivity contribution in [3.8, 4) is 0 Å². The summed E-state index contributed by atoms with van der Waals surface area (Å²) in [7, 11) is 0. The molecule has 3 atom stereocenters. The average molecular weight is 346 g/mol. The first-order chi connectivity index (χ1) is 12.0. The van der Waals surface area contributed by atoms with Gasteiger partial charge in [0.1, 0.15) is 5.82 Å². The minimum Gasteiger partial charge on any atom is -0.457 e. The molecule has 0 bridgehead atoms. The maximum Gasteiger partial charge on any atom is 0.303 e. The number of benzene rings is 2. The lowest BCUT2D eigenvalue weighted by molar-refractivity contribution is -0.165. The fourth-order valence-electron chi connectivity index (χ4n) is 2.55. The number of esters is 1. The quantitative estimate of drug-likeness (QED) is 0.746. The lowest BCUT2D eigenvalue weighted by Gasteiger charge is -2.28. The Bertz CT molecular complexity index is 657. The van der Waals surface area contributed by atoms with Gasteiger partial charge in [-0.1, -0.05) is 42.5 Å². The number of rotatable bonds is 8. The molecule has 3 unspecified atom stereocenters. The second-order valence-electron chi connectivity index (χ2n) is 5.97. The first kappa shape index (κ1) is 19.1. The normalized spacial score (nSPS) is 14.6. The third-order valence-electron chi connectivity index (χ3n) is 3.86. The zero-order valence-corrected chi connectivity index (χ0v) is 14.4. The molecule has 0 radical (unpaired) electrons. The predicted molar refractivity (Wildman–Crippen MR) is 92.4 cm³/mol. The molecule has 4 nitrogen and oxygen atoms in total. The summed E-state index contributed by atoms with van der Waals surface area (Å²) >= 11 is 0. The van der Waals surface area contributed by atoms with E-state index in [0.29, 0.717) is 6.61 Å². The van der Waals surface area contributed by atoms with Crippen LogP contribution in [-0.2, 0) is 27.3 Å². The number of carbonyl (C=O) groups excluding carboxylic acids is 1. The highest BCUT2D eigenvalue weighted by molar-refractivity contribution is 5.66. The van der Waals surface area contributed by atoms with E-state index in [1.807, 2.05) is 30.3 Å². The number of aliphatic hydroxyl groups is 1. The lowest BCUT2D eigenvalue weighted by atomic mass is 10.0. The Morgan fingerprint density at radius 1 is 1.08 bits per heavy atom. The van der Waals surface area contributed by atoms with Crippen LogP contribution >= 0.6 is 0 Å². The van der Waals surface area contributed by atoms with Crippen molar-refractivity contribution in [3.05, 3.63) is 71.5 Å². The predicted octanol–water partition coefficient (Wildman–Crippen LogP) is 3.27. The van der Waals surface area contributed by atoms with Crippen molar-refractivity contribution >= 4 is 5.97 Å². The summed E-state index contributed by atoms with van der Waals surface area (Å²) in [6.07, 6.45) is -2.04. The Hall–Kier alpha value is -2.24. The van der Waals surface area contributed by atoms with Crippen molar-refractivity contribution in [2.75, 3.05) is 0 Å². The Morgan fingerprint density at radius 3 is 2.32 bits per heavy atom. The molecule has 0 saturated carbocycles. The second kappa shape index (κ2) is 9.30. The van der Waals surface area contributed by atoms with Gasteiger partial charge in [-0.25, -0.2) is 4.39 Å². The minimum atomic E-state index is -0.958. The molecule has 0 saturated heterocycles. The molecular weight excluding hydrogens is 323 g/mol. The Morgan fingerprint density at radius 2 is 1.72 bits per heavy atom. The zero-order chi connectivity index (χ0) is 18.2. The van der Waals surface area contributed by atoms with Crippen LogP contribution in [0.1, 0.15) is 25.0 Å². The molecule has 0 heterocycles. The highest BCUT2D eigenvalue weighted by Gasteiger charge is 2.29. The fraction of sp³-hybridized carbons (Fsp3) is 0.350. The van der Waals surface area contributed by atoms with Gasteiger partial charge in [0.15, 0.2) is 6.10 Å². The lowest BCUT2D eigenvalue weighted by Crippen LogP contribution is -2.42. The third-order valence-corrected chi connectivity index (χ3v) is 3.86. The summed E-state index contributed by atoms with van der Waals surface area (Å²) in [6, 6.07) is 15.5. The van der Waals surface area contributed by atoms with Crippen molar-refractivity contribution in [1.82, 2.24) is 0 Å². The van der Waals surface area contributed by atoms with Crippen LogP contribution < -0.4 is 0 Å². The molecule has 1 N–H and O–H groups in total. The van der Waals surface area contributed by atoms with Crippen LogP contribution in [0, 0.1) is 5.82 Å². The van der Waals surface area contributed by atoms with E-state index in [2.05, 4.69) is 0 Å². The zero-order valence-electron chi connectivity index (χ0n) is 14.4. The van der Waals surface area contributed by atoms with Gasteiger partial charge in [0.05, 0.1) is 18.8 Å². The van der Waals surface area contributed by atoms with Gasteiger partial charge in [-0.15, -0.1) is 0 Å². The van der Waals surface area contributed by atoms with E-state index in [4.69, 9.17) is 9.47 Å². The van der Waals surface area contributed by atoms with E-state index in [1.165, 1.54) is 19.1 Å². The van der Waals surface area contributed by atoms with Crippen molar-refractivity contribution < 1.29 is 23.8 Å². The summed E-state index contributed by atoms with van der Waals surface area (Å²) in [4.78, 5) is 11.4. The summed E-state index contributed by atoms with van der Waals surface area (Å²) < 4.78 is 24.0. The molecule has 2 rings (SSSR count). The fourth-order valence-corrected chi connectivity index (χ4v) is 2.55. The van der Waals surface area contributed by atoms with E-state index in [0.717, 1.165) is 11.1 Å². The van der Waals surface area contributed by atoms with Crippen LogP contribution in [0.2, 0.25) is 0 Å². The highest BCUT2D eigenvalue weighted by Crippen LogP contribution is 2.16. The molecule has 0 aliphatic heterocycles. The number of ether oxygens (including phenoxy) is 2. The van der Waals surface area contributed by atoms with E-state index in [1.54, 1.807) is 19.1 Å². The van der Waals surface area contributed by atoms with Crippen LogP contribution in [0.3, 0.4) is 0 Å². The molecule has 134 valence electrons. The second-order valence-corrected chi connectivity index (χ2v) is 5.97. The van der Waals surface area contributed by atoms with Crippen LogP contribution in [0.25, 0.3) is 0 Å². The smallest absolute Gasteiger partial charge is 0.303 e. The largest absolute Gasteiger partial charge is 0.457 e. The Kier molecular flexibility index (Phi) is 7.10. The van der Waals surface area contributed by atoms with Gasteiger partial charge >= 0.3 is 5.97 Å². The third kappa shape index (κ3) is 6.29. The molecule has 5 heteroatoms. The first-order valence-electron chi connectivity index (χ1n) is 8.21. The first-order valence-corrected chi connectivity index (χ1v) is 8.21. The number of hydrogen-bond donors (Lipinski definition) is 1. The van der Waals surface area contributed by atoms with Crippen molar-refractivity contribution in [3.63, 3.8) is 0 Å². The molecule has 0 aliphatic carbocycles. The SMILES string of the molecule is CC(=O)OC(C(O)Cc1ccc(F)cc1)C(C)OCc1ccccc1. The monoisotopic (exact) mass is 346 g/mol. The molecule has 0 amide bonds. The molecule has 0 aromatic heterocycles. The van der Waals surface area contributed by atoms with Crippen molar-refractivity contribution in [1.29, 1.82) is 0 Å². The van der Waals surface area contributed by atoms with E-state index < -0.39 is 24.3 Å². The minimum absolute atomic E-state index is 0.233. The van der Waals surface area contributed by atoms with Crippen LogP contribution in [-0.4, -0.2) is 29.4 Å². The van der Waals surface area contributed by atoms with Crippen LogP contribution in [0.15, 0.2) is 54.6 Å². The van der Waals surface area contributed by atoms with E-state index in [-0.39, 0.29) is 12.2 Å². The summed E-state index contributed by atoms with van der Waals surface area (Å²) in [5.41, 5.74) is 1.74. The Labute approximate surface area is 147 Å². The molecule has 0 spiro atoms. The van der Waals surface area contributed by atoms with E-state index in [9.17, 15) is 14.3 Å². The van der Waals surface area contributed by atoms with Crippen LogP contribution in [0.4, 0.5) is 4.39 Å². The summed E-state index contributed by atoms with van der Waals surface area (Å²) in [5, 5.41) is 10.5. The molecule has 0 aliphatic rings. The molecule has 25 heavy (non-hydrogen) atoms. The standard InChI is InChI=1S/C20H23FO4/c1-14(24-13-17-6-4-3-5-7-17)20(25-15(2)22)19(23)12-16-8-10-18(21)11-9-16/h3-11,14,19-20,23H,12-13H2,1-2H3. The van der Waals surface area contributed by atoms with Gasteiger partial charge < -0.3 is 14.6 Å². The summed E-state index contributed by atoms with van der Waals surface area (Å²) in [6.45, 7) is 3.40. The van der Waals surface area contributed by atoms with Crippen molar-refractivity contribution in [2.24, 2.45) is 0 Å². The number of carbonyl (C=O) groups is 1. The van der Waals surface area contributed by atoms with Crippen molar-refractivity contribution in [2.45, 2.75) is 45.2 Å². The van der Waals surface area contributed by atoms with Gasteiger partial charge in [-0.2, -0.15) is 0 Å². The number of hydrogen-bond acceptors (Lipinski definition) is 4. The van der Waals surface area contributed by atoms with Gasteiger partial charge in [-0.05, 0) is 30.2 Å².